The molecule has 18 heavy (non-hydrogen) atoms. The molecule has 5 heteroatoms. The third kappa shape index (κ3) is 2.39. The molecule has 1 amide bonds. The molecule has 2 aliphatic rings. The molecule has 0 bridgehead atoms. The fourth-order valence-electron chi connectivity index (χ4n) is 2.73. The minimum absolute atomic E-state index is 0.00474. The van der Waals surface area contributed by atoms with Crippen LogP contribution in [0.25, 0.3) is 0 Å². The first-order valence-corrected chi connectivity index (χ1v) is 6.72. The normalized spacial score (nSPS) is 38.2. The number of nitrogens with two attached hydrogens (primary N) is 1. The number of carbonyl (C=O) groups is 1. The van der Waals surface area contributed by atoms with Gasteiger partial charge in [0.1, 0.15) is 0 Å². The number of ether oxygens (including phenoxy) is 2. The van der Waals surface area contributed by atoms with E-state index in [0.29, 0.717) is 13.2 Å². The van der Waals surface area contributed by atoms with Gasteiger partial charge in [0.25, 0.3) is 0 Å². The van der Waals surface area contributed by atoms with E-state index < -0.39 is 0 Å². The van der Waals surface area contributed by atoms with E-state index in [1.165, 1.54) is 0 Å². The van der Waals surface area contributed by atoms with Gasteiger partial charge in [0.2, 0.25) is 5.91 Å². The number of nitrogens with one attached hydrogen (secondary N) is 1. The van der Waals surface area contributed by atoms with E-state index in [1.54, 1.807) is 0 Å². The van der Waals surface area contributed by atoms with Crippen LogP contribution >= 0.6 is 0 Å². The number of rotatable bonds is 4. The van der Waals surface area contributed by atoms with Crippen molar-refractivity contribution in [2.75, 3.05) is 19.8 Å². The first kappa shape index (κ1) is 13.8. The third-order valence-corrected chi connectivity index (χ3v) is 4.32. The highest BCUT2D eigenvalue weighted by molar-refractivity contribution is 5.80. The van der Waals surface area contributed by atoms with E-state index >= 15 is 0 Å². The van der Waals surface area contributed by atoms with Crippen LogP contribution in [-0.4, -0.2) is 43.9 Å². The van der Waals surface area contributed by atoms with E-state index in [9.17, 15) is 4.79 Å². The Labute approximate surface area is 108 Å². The lowest BCUT2D eigenvalue weighted by Gasteiger charge is -2.51. The SMILES string of the molecule is CCOC1CC(NC(=O)C2COCC2N)C1(C)C. The highest BCUT2D eigenvalue weighted by Crippen LogP contribution is 2.42. The van der Waals surface area contributed by atoms with E-state index in [0.717, 1.165) is 13.0 Å². The largest absolute Gasteiger partial charge is 0.379 e. The number of amides is 1. The van der Waals surface area contributed by atoms with E-state index in [-0.39, 0.29) is 35.4 Å². The molecule has 0 radical (unpaired) electrons. The summed E-state index contributed by atoms with van der Waals surface area (Å²) >= 11 is 0. The smallest absolute Gasteiger partial charge is 0.227 e. The summed E-state index contributed by atoms with van der Waals surface area (Å²) in [6.45, 7) is 7.90. The Morgan fingerprint density at radius 2 is 2.22 bits per heavy atom. The second kappa shape index (κ2) is 5.15. The molecule has 5 nitrogen and oxygen atoms in total. The minimum atomic E-state index is -0.202. The maximum atomic E-state index is 12.1. The Bertz CT molecular complexity index is 319. The Hall–Kier alpha value is -0.650. The predicted octanol–water partition coefficient (Wildman–Crippen LogP) is 0.280. The van der Waals surface area contributed by atoms with Gasteiger partial charge in [0.15, 0.2) is 0 Å². The van der Waals surface area contributed by atoms with Crippen LogP contribution in [0.2, 0.25) is 0 Å². The Morgan fingerprint density at radius 1 is 1.50 bits per heavy atom. The van der Waals surface area contributed by atoms with Crippen LogP contribution in [0.15, 0.2) is 0 Å². The summed E-state index contributed by atoms with van der Waals surface area (Å²) in [6.07, 6.45) is 1.12. The molecule has 4 unspecified atom stereocenters. The van der Waals surface area contributed by atoms with E-state index in [2.05, 4.69) is 19.2 Å². The van der Waals surface area contributed by atoms with Gasteiger partial charge >= 0.3 is 0 Å². The summed E-state index contributed by atoms with van der Waals surface area (Å²) in [5.41, 5.74) is 5.84. The van der Waals surface area contributed by atoms with Crippen LogP contribution < -0.4 is 11.1 Å². The second-order valence-electron chi connectivity index (χ2n) is 5.87. The van der Waals surface area contributed by atoms with Crippen molar-refractivity contribution in [3.63, 3.8) is 0 Å². The van der Waals surface area contributed by atoms with Crippen molar-refractivity contribution in [1.82, 2.24) is 5.32 Å². The summed E-state index contributed by atoms with van der Waals surface area (Å²) in [5.74, 6) is -0.181. The first-order chi connectivity index (χ1) is 8.46. The quantitative estimate of drug-likeness (QED) is 0.758. The highest BCUT2D eigenvalue weighted by atomic mass is 16.5. The van der Waals surface area contributed by atoms with Crippen molar-refractivity contribution in [2.24, 2.45) is 17.1 Å². The zero-order chi connectivity index (χ0) is 13.3. The van der Waals surface area contributed by atoms with Gasteiger partial charge in [0, 0.05) is 24.1 Å². The van der Waals surface area contributed by atoms with E-state index in [4.69, 9.17) is 15.2 Å². The van der Waals surface area contributed by atoms with Crippen molar-refractivity contribution in [1.29, 1.82) is 0 Å². The first-order valence-electron chi connectivity index (χ1n) is 6.72. The molecule has 0 aromatic rings. The molecule has 0 aromatic carbocycles. The molecule has 2 fully saturated rings. The summed E-state index contributed by atoms with van der Waals surface area (Å²) in [6, 6.07) is 0.00484. The van der Waals surface area contributed by atoms with Gasteiger partial charge in [0.05, 0.1) is 25.2 Å². The molecule has 0 aromatic heterocycles. The topological polar surface area (TPSA) is 73.6 Å². The monoisotopic (exact) mass is 256 g/mol. The fraction of sp³-hybridized carbons (Fsp3) is 0.923. The van der Waals surface area contributed by atoms with Crippen molar-refractivity contribution in [3.8, 4) is 0 Å². The molecule has 3 N–H and O–H groups in total. The molecule has 1 saturated carbocycles. The van der Waals surface area contributed by atoms with Crippen LogP contribution in [0.1, 0.15) is 27.2 Å². The number of carbonyl (C=O) groups excluding carboxylic acids is 1. The molecule has 0 spiro atoms. The third-order valence-electron chi connectivity index (χ3n) is 4.32. The van der Waals surface area contributed by atoms with E-state index in [1.807, 2.05) is 6.92 Å². The Kier molecular flexibility index (Phi) is 3.94. The lowest BCUT2D eigenvalue weighted by Crippen LogP contribution is -2.63. The summed E-state index contributed by atoms with van der Waals surface area (Å²) < 4.78 is 10.9. The highest BCUT2D eigenvalue weighted by Gasteiger charge is 2.50. The molecule has 1 aliphatic carbocycles. The van der Waals surface area contributed by atoms with Crippen molar-refractivity contribution in [3.05, 3.63) is 0 Å². The number of hydrogen-bond acceptors (Lipinski definition) is 4. The zero-order valence-electron chi connectivity index (χ0n) is 11.4. The second-order valence-corrected chi connectivity index (χ2v) is 5.87. The van der Waals surface area contributed by atoms with Crippen LogP contribution in [0.4, 0.5) is 0 Å². The molecule has 1 heterocycles. The standard InChI is InChI=1S/C13H24N2O3/c1-4-18-11-5-10(13(11,2)3)15-12(16)8-6-17-7-9(8)14/h8-11H,4-7,14H2,1-3H3,(H,15,16). The fourth-order valence-corrected chi connectivity index (χ4v) is 2.73. The van der Waals surface area contributed by atoms with Gasteiger partial charge in [-0.15, -0.1) is 0 Å². The lowest BCUT2D eigenvalue weighted by atomic mass is 9.64. The summed E-state index contributed by atoms with van der Waals surface area (Å²) in [7, 11) is 0. The molecule has 1 aliphatic heterocycles. The summed E-state index contributed by atoms with van der Waals surface area (Å²) in [5, 5.41) is 3.09. The van der Waals surface area contributed by atoms with Gasteiger partial charge in [-0.05, 0) is 13.3 Å². The maximum absolute atomic E-state index is 12.1. The van der Waals surface area contributed by atoms with Gasteiger partial charge in [-0.1, -0.05) is 13.8 Å². The van der Waals surface area contributed by atoms with Crippen LogP contribution in [-0.2, 0) is 14.3 Å². The van der Waals surface area contributed by atoms with Gasteiger partial charge in [-0.3, -0.25) is 4.79 Å². The molecule has 2 rings (SSSR count). The Balaban J connectivity index is 1.86. The Morgan fingerprint density at radius 3 is 2.72 bits per heavy atom. The lowest BCUT2D eigenvalue weighted by molar-refractivity contribution is -0.139. The number of hydrogen-bond donors (Lipinski definition) is 2. The zero-order valence-corrected chi connectivity index (χ0v) is 11.4. The molecule has 1 saturated heterocycles. The van der Waals surface area contributed by atoms with Gasteiger partial charge in [-0.2, -0.15) is 0 Å². The maximum Gasteiger partial charge on any atom is 0.227 e. The van der Waals surface area contributed by atoms with Gasteiger partial charge < -0.3 is 20.5 Å². The van der Waals surface area contributed by atoms with Crippen LogP contribution in [0.5, 0.6) is 0 Å². The summed E-state index contributed by atoms with van der Waals surface area (Å²) in [4.78, 5) is 12.1. The van der Waals surface area contributed by atoms with Crippen LogP contribution in [0, 0.1) is 11.3 Å². The van der Waals surface area contributed by atoms with Crippen molar-refractivity contribution >= 4 is 5.91 Å². The molecular weight excluding hydrogens is 232 g/mol. The van der Waals surface area contributed by atoms with Crippen LogP contribution in [0.3, 0.4) is 0 Å². The van der Waals surface area contributed by atoms with Crippen molar-refractivity contribution < 1.29 is 14.3 Å². The molecular formula is C13H24N2O3. The predicted molar refractivity (Wildman–Crippen MR) is 68.0 cm³/mol. The van der Waals surface area contributed by atoms with Crippen molar-refractivity contribution in [2.45, 2.75) is 45.4 Å². The minimum Gasteiger partial charge on any atom is -0.379 e. The van der Waals surface area contributed by atoms with Gasteiger partial charge in [-0.25, -0.2) is 0 Å². The molecule has 4 atom stereocenters. The average Bonchev–Trinajstić information content (AvgIpc) is 2.74. The molecule has 104 valence electrons. The average molecular weight is 256 g/mol.